The Kier molecular flexibility index (Phi) is 9.77. The van der Waals surface area contributed by atoms with Crippen LogP contribution in [0.4, 0.5) is 14.6 Å². The number of methoxy groups -OCH3 is 1. The van der Waals surface area contributed by atoms with Crippen LogP contribution in [-0.4, -0.2) is 54.3 Å². The van der Waals surface area contributed by atoms with Crippen molar-refractivity contribution >= 4 is 11.7 Å². The fourth-order valence-corrected chi connectivity index (χ4v) is 4.24. The van der Waals surface area contributed by atoms with E-state index in [1.54, 1.807) is 13.4 Å². The first-order valence-electron chi connectivity index (χ1n) is 11.7. The van der Waals surface area contributed by atoms with Gasteiger partial charge in [0.2, 0.25) is 5.91 Å². The van der Waals surface area contributed by atoms with E-state index >= 15 is 0 Å². The molecule has 0 aliphatic heterocycles. The summed E-state index contributed by atoms with van der Waals surface area (Å²) in [6.45, 7) is 5.21. The van der Waals surface area contributed by atoms with Crippen molar-refractivity contribution in [3.8, 4) is 0 Å². The minimum Gasteiger partial charge on any atom is -0.383 e. The summed E-state index contributed by atoms with van der Waals surface area (Å²) in [5.41, 5.74) is 1.27. The summed E-state index contributed by atoms with van der Waals surface area (Å²) in [6.07, 6.45) is 7.75. The van der Waals surface area contributed by atoms with Crippen LogP contribution in [0.1, 0.15) is 43.7 Å². The van der Waals surface area contributed by atoms with Gasteiger partial charge in [-0.15, -0.1) is 0 Å². The van der Waals surface area contributed by atoms with E-state index in [2.05, 4.69) is 20.9 Å². The number of anilines is 1. The lowest BCUT2D eigenvalue weighted by Crippen LogP contribution is -2.48. The minimum absolute atomic E-state index is 0.0390. The number of benzene rings is 1. The number of ether oxygens (including phenoxy) is 1. The Bertz CT molecular complexity index is 905. The summed E-state index contributed by atoms with van der Waals surface area (Å²) in [6, 6.07) is 1.91. The van der Waals surface area contributed by atoms with Gasteiger partial charge in [0.25, 0.3) is 0 Å². The number of rotatable bonds is 13. The number of carbonyl (C=O) groups is 1. The van der Waals surface area contributed by atoms with Crippen molar-refractivity contribution in [1.82, 2.24) is 20.2 Å². The van der Waals surface area contributed by atoms with Gasteiger partial charge < -0.3 is 25.3 Å². The molecule has 1 heterocycles. The number of hydrogen-bond donors (Lipinski definition) is 3. The van der Waals surface area contributed by atoms with Crippen molar-refractivity contribution in [3.05, 3.63) is 47.4 Å². The maximum absolute atomic E-state index is 14.2. The molecule has 33 heavy (non-hydrogen) atoms. The van der Waals surface area contributed by atoms with Gasteiger partial charge in [0, 0.05) is 38.5 Å². The number of nitrogens with zero attached hydrogens (tertiary/aromatic N) is 2. The van der Waals surface area contributed by atoms with Crippen molar-refractivity contribution < 1.29 is 18.3 Å². The Morgan fingerprint density at radius 3 is 2.97 bits per heavy atom. The highest BCUT2D eigenvalue weighted by atomic mass is 19.1. The molecule has 1 aliphatic carbocycles. The van der Waals surface area contributed by atoms with Crippen molar-refractivity contribution in [2.24, 2.45) is 0 Å². The molecule has 2 aromatic rings. The Hall–Kier alpha value is -2.36. The third-order valence-corrected chi connectivity index (χ3v) is 5.93. The maximum Gasteiger partial charge on any atom is 0.242 e. The molecule has 1 unspecified atom stereocenters. The fourth-order valence-electron chi connectivity index (χ4n) is 4.24. The lowest BCUT2D eigenvalue weighted by atomic mass is 9.87. The van der Waals surface area contributed by atoms with Crippen molar-refractivity contribution in [3.63, 3.8) is 0 Å². The van der Waals surface area contributed by atoms with E-state index in [9.17, 15) is 13.6 Å². The Labute approximate surface area is 194 Å². The molecule has 3 rings (SSSR count). The summed E-state index contributed by atoms with van der Waals surface area (Å²) in [4.78, 5) is 17.2. The molecule has 1 aliphatic rings. The Morgan fingerprint density at radius 1 is 1.33 bits per heavy atom. The van der Waals surface area contributed by atoms with Gasteiger partial charge in [-0.25, -0.2) is 13.8 Å². The smallest absolute Gasteiger partial charge is 0.242 e. The van der Waals surface area contributed by atoms with Crippen LogP contribution in [0.25, 0.3) is 0 Å². The zero-order chi connectivity index (χ0) is 23.6. The maximum atomic E-state index is 14.2. The second-order valence-electron chi connectivity index (χ2n) is 8.56. The average Bonchev–Trinajstić information content (AvgIpc) is 3.23. The summed E-state index contributed by atoms with van der Waals surface area (Å²) in [7, 11) is 1.68. The monoisotopic (exact) mass is 463 g/mol. The molecule has 182 valence electrons. The number of halogens is 2. The predicted molar refractivity (Wildman–Crippen MR) is 124 cm³/mol. The highest BCUT2D eigenvalue weighted by Crippen LogP contribution is 2.25. The van der Waals surface area contributed by atoms with Crippen LogP contribution in [0.2, 0.25) is 0 Å². The molecule has 0 bridgehead atoms. The molecular weight excluding hydrogens is 428 g/mol. The predicted octanol–water partition coefficient (Wildman–Crippen LogP) is 3.04. The third-order valence-electron chi connectivity index (χ3n) is 5.93. The van der Waals surface area contributed by atoms with Gasteiger partial charge in [-0.05, 0) is 55.8 Å². The van der Waals surface area contributed by atoms with Gasteiger partial charge >= 0.3 is 0 Å². The molecule has 1 aromatic heterocycles. The lowest BCUT2D eigenvalue weighted by Gasteiger charge is -2.29. The highest BCUT2D eigenvalue weighted by Gasteiger charge is 2.27. The van der Waals surface area contributed by atoms with Crippen LogP contribution in [0.3, 0.4) is 0 Å². The summed E-state index contributed by atoms with van der Waals surface area (Å²) in [5.74, 6) is -0.672. The number of amides is 1. The van der Waals surface area contributed by atoms with Crippen LogP contribution < -0.4 is 16.0 Å². The van der Waals surface area contributed by atoms with Crippen molar-refractivity contribution in [2.75, 3.05) is 32.1 Å². The standard InChI is InChI=1S/C24H35F2N5O2/c1-3-5-22(29-19-7-6-17-12-18(25)13-21(26)20(17)14-19)24(32)30-23-15-31(16-28-23)10-4-8-27-9-11-33-2/h12-13,15-16,19,22,27,29H,3-11,14H2,1-2H3,(H,30,32)/t19?,22-/m0/s1. The fraction of sp³-hybridized carbons (Fsp3) is 0.583. The molecule has 9 heteroatoms. The van der Waals surface area contributed by atoms with Gasteiger partial charge in [0.1, 0.15) is 11.6 Å². The van der Waals surface area contributed by atoms with Crippen molar-refractivity contribution in [2.45, 2.75) is 64.1 Å². The van der Waals surface area contributed by atoms with Crippen LogP contribution >= 0.6 is 0 Å². The summed E-state index contributed by atoms with van der Waals surface area (Å²) in [5, 5.41) is 9.60. The zero-order valence-electron chi connectivity index (χ0n) is 19.5. The van der Waals surface area contributed by atoms with Gasteiger partial charge in [-0.1, -0.05) is 13.3 Å². The van der Waals surface area contributed by atoms with Gasteiger partial charge in [0.15, 0.2) is 5.82 Å². The first kappa shape index (κ1) is 25.3. The van der Waals surface area contributed by atoms with Gasteiger partial charge in [-0.3, -0.25) is 4.79 Å². The molecule has 3 N–H and O–H groups in total. The normalized spacial score (nSPS) is 16.4. The van der Waals surface area contributed by atoms with E-state index in [-0.39, 0.29) is 11.9 Å². The van der Waals surface area contributed by atoms with Gasteiger partial charge in [0.05, 0.1) is 19.0 Å². The molecule has 1 amide bonds. The van der Waals surface area contributed by atoms with Crippen LogP contribution in [0.15, 0.2) is 24.7 Å². The van der Waals surface area contributed by atoms with Gasteiger partial charge in [-0.2, -0.15) is 0 Å². The van der Waals surface area contributed by atoms with E-state index < -0.39 is 17.7 Å². The lowest BCUT2D eigenvalue weighted by molar-refractivity contribution is -0.118. The molecule has 0 spiro atoms. The summed E-state index contributed by atoms with van der Waals surface area (Å²) >= 11 is 0. The molecule has 1 aromatic carbocycles. The first-order chi connectivity index (χ1) is 16.0. The number of aromatic nitrogens is 2. The van der Waals surface area contributed by atoms with E-state index in [1.165, 1.54) is 6.07 Å². The molecule has 7 nitrogen and oxygen atoms in total. The number of hydrogen-bond acceptors (Lipinski definition) is 5. The second-order valence-corrected chi connectivity index (χ2v) is 8.56. The van der Waals surface area contributed by atoms with Crippen LogP contribution in [0.5, 0.6) is 0 Å². The molecule has 0 saturated carbocycles. The zero-order valence-corrected chi connectivity index (χ0v) is 19.5. The summed E-state index contributed by atoms with van der Waals surface area (Å²) < 4.78 is 34.7. The highest BCUT2D eigenvalue weighted by molar-refractivity contribution is 5.94. The van der Waals surface area contributed by atoms with E-state index in [0.717, 1.165) is 50.5 Å². The number of imidazole rings is 1. The molecular formula is C24H35F2N5O2. The average molecular weight is 464 g/mol. The van der Waals surface area contributed by atoms with Crippen LogP contribution in [0, 0.1) is 11.6 Å². The third kappa shape index (κ3) is 7.58. The van der Waals surface area contributed by atoms with E-state index in [1.807, 2.05) is 17.7 Å². The topological polar surface area (TPSA) is 80.2 Å². The van der Waals surface area contributed by atoms with Crippen molar-refractivity contribution in [1.29, 1.82) is 0 Å². The first-order valence-corrected chi connectivity index (χ1v) is 11.7. The molecule has 0 fully saturated rings. The molecule has 0 saturated heterocycles. The largest absolute Gasteiger partial charge is 0.383 e. The van der Waals surface area contributed by atoms with E-state index in [4.69, 9.17) is 4.74 Å². The number of carbonyl (C=O) groups excluding carboxylic acids is 1. The number of aryl methyl sites for hydroxylation is 2. The van der Waals surface area contributed by atoms with E-state index in [0.29, 0.717) is 37.3 Å². The number of fused-ring (bicyclic) bond motifs is 1. The minimum atomic E-state index is -0.539. The second kappa shape index (κ2) is 12.8. The number of nitrogens with one attached hydrogen (secondary N) is 3. The Morgan fingerprint density at radius 2 is 2.18 bits per heavy atom. The van der Waals surface area contributed by atoms with Crippen LogP contribution in [-0.2, 0) is 28.9 Å². The quantitative estimate of drug-likeness (QED) is 0.398. The molecule has 2 atom stereocenters. The Balaban J connectivity index is 1.51. The molecule has 0 radical (unpaired) electrons. The SMILES string of the molecule is CCC[C@H](NC1CCc2cc(F)cc(F)c2C1)C(=O)Nc1cn(CCCNCCOC)cn1.